The van der Waals surface area contributed by atoms with Gasteiger partial charge in [-0.05, 0) is 23.6 Å². The summed E-state index contributed by atoms with van der Waals surface area (Å²) in [5, 5.41) is 7.59. The van der Waals surface area contributed by atoms with Crippen molar-refractivity contribution in [2.45, 2.75) is 13.2 Å². The third-order valence-electron chi connectivity index (χ3n) is 2.87. The molecule has 2 fully saturated rings. The molecule has 2 aliphatic rings. The average molecular weight is 284 g/mol. The van der Waals surface area contributed by atoms with E-state index in [9.17, 15) is 0 Å². The summed E-state index contributed by atoms with van der Waals surface area (Å²) in [6.07, 6.45) is 0.0574. The molecule has 1 unspecified atom stereocenters. The molecule has 0 aliphatic carbocycles. The van der Waals surface area contributed by atoms with E-state index in [1.807, 2.05) is 0 Å². The van der Waals surface area contributed by atoms with Gasteiger partial charge in [-0.15, -0.1) is 0 Å². The fourth-order valence-electron chi connectivity index (χ4n) is 2.15. The zero-order valence-electron chi connectivity index (χ0n) is 9.98. The molecule has 1 atom stereocenters. The molecule has 2 rings (SSSR count). The standard InChI is InChI=1S/C9H19Cl2N5O/c1-2-16(9-5-12-3-4-17-9)15-7-13(10)6-14(11)8-15/h9,12H,2-8H2,1H3. The van der Waals surface area contributed by atoms with E-state index in [4.69, 9.17) is 28.3 Å². The SMILES string of the molecule is CCN(C1CNCCO1)N1CN(Cl)CN(Cl)C1. The van der Waals surface area contributed by atoms with Crippen molar-refractivity contribution >= 4 is 23.6 Å². The second-order valence-corrected chi connectivity index (χ2v) is 5.10. The molecule has 0 radical (unpaired) electrons. The van der Waals surface area contributed by atoms with Crippen LogP contribution in [-0.4, -0.2) is 71.3 Å². The van der Waals surface area contributed by atoms with Gasteiger partial charge in [0, 0.05) is 19.6 Å². The van der Waals surface area contributed by atoms with E-state index in [0.717, 1.165) is 26.2 Å². The molecule has 17 heavy (non-hydrogen) atoms. The summed E-state index contributed by atoms with van der Waals surface area (Å²) < 4.78 is 9.05. The fourth-order valence-corrected chi connectivity index (χ4v) is 2.71. The molecule has 0 aromatic carbocycles. The minimum Gasteiger partial charge on any atom is -0.359 e. The second kappa shape index (κ2) is 6.49. The number of nitrogens with one attached hydrogen (secondary N) is 1. The molecule has 2 aliphatic heterocycles. The maximum Gasteiger partial charge on any atom is 0.135 e. The highest BCUT2D eigenvalue weighted by Crippen LogP contribution is 2.16. The normalized spacial score (nSPS) is 30.0. The summed E-state index contributed by atoms with van der Waals surface area (Å²) in [5.74, 6) is 0. The van der Waals surface area contributed by atoms with Gasteiger partial charge in [0.05, 0.1) is 26.6 Å². The van der Waals surface area contributed by atoms with Gasteiger partial charge in [0.1, 0.15) is 6.23 Å². The van der Waals surface area contributed by atoms with Crippen LogP contribution in [0.25, 0.3) is 0 Å². The molecule has 0 aromatic heterocycles. The van der Waals surface area contributed by atoms with Gasteiger partial charge in [-0.25, -0.2) is 10.0 Å². The van der Waals surface area contributed by atoms with Crippen molar-refractivity contribution in [1.29, 1.82) is 0 Å². The van der Waals surface area contributed by atoms with E-state index in [0.29, 0.717) is 20.0 Å². The number of hydrogen-bond acceptors (Lipinski definition) is 6. The Morgan fingerprint density at radius 3 is 2.53 bits per heavy atom. The van der Waals surface area contributed by atoms with Crippen LogP contribution in [0, 0.1) is 0 Å². The van der Waals surface area contributed by atoms with Crippen molar-refractivity contribution in [2.24, 2.45) is 0 Å². The maximum atomic E-state index is 6.03. The average Bonchev–Trinajstić information content (AvgIpc) is 2.30. The van der Waals surface area contributed by atoms with Crippen LogP contribution in [0.2, 0.25) is 0 Å². The zero-order chi connectivity index (χ0) is 12.3. The molecule has 0 amide bonds. The number of hydrazine groups is 1. The summed E-state index contributed by atoms with van der Waals surface area (Å²) in [4.78, 5) is 0. The van der Waals surface area contributed by atoms with E-state index in [-0.39, 0.29) is 6.23 Å². The lowest BCUT2D eigenvalue weighted by atomic mass is 10.4. The van der Waals surface area contributed by atoms with E-state index < -0.39 is 0 Å². The monoisotopic (exact) mass is 283 g/mol. The number of halogens is 2. The van der Waals surface area contributed by atoms with Crippen LogP contribution in [0.4, 0.5) is 0 Å². The molecule has 8 heteroatoms. The highest BCUT2D eigenvalue weighted by atomic mass is 35.5. The highest BCUT2D eigenvalue weighted by molar-refractivity contribution is 6.15. The molecule has 0 aromatic rings. The van der Waals surface area contributed by atoms with Crippen LogP contribution in [0.3, 0.4) is 0 Å². The highest BCUT2D eigenvalue weighted by Gasteiger charge is 2.30. The second-order valence-electron chi connectivity index (χ2n) is 4.14. The first-order valence-corrected chi connectivity index (χ1v) is 6.53. The van der Waals surface area contributed by atoms with Crippen molar-refractivity contribution < 1.29 is 4.74 Å². The molecule has 2 saturated heterocycles. The van der Waals surface area contributed by atoms with E-state index >= 15 is 0 Å². The van der Waals surface area contributed by atoms with Crippen molar-refractivity contribution in [3.05, 3.63) is 0 Å². The summed E-state index contributed by atoms with van der Waals surface area (Å²) in [5.41, 5.74) is 0. The van der Waals surface area contributed by atoms with Crippen LogP contribution in [0.15, 0.2) is 0 Å². The molecule has 2 heterocycles. The fraction of sp³-hybridized carbons (Fsp3) is 1.00. The molecule has 6 nitrogen and oxygen atoms in total. The third kappa shape index (κ3) is 3.65. The number of morpholine rings is 1. The van der Waals surface area contributed by atoms with Gasteiger partial charge in [-0.1, -0.05) is 6.92 Å². The molecular weight excluding hydrogens is 265 g/mol. The van der Waals surface area contributed by atoms with Crippen LogP contribution < -0.4 is 5.32 Å². The summed E-state index contributed by atoms with van der Waals surface area (Å²) >= 11 is 12.1. The lowest BCUT2D eigenvalue weighted by molar-refractivity contribution is -0.200. The first-order valence-electron chi connectivity index (χ1n) is 5.86. The Morgan fingerprint density at radius 2 is 2.00 bits per heavy atom. The molecule has 0 spiro atoms. The molecule has 0 bridgehead atoms. The zero-order valence-corrected chi connectivity index (χ0v) is 11.5. The van der Waals surface area contributed by atoms with Crippen LogP contribution in [0.1, 0.15) is 6.92 Å². The molecule has 100 valence electrons. The molecule has 1 N–H and O–H groups in total. The van der Waals surface area contributed by atoms with Crippen molar-refractivity contribution in [2.75, 3.05) is 46.2 Å². The van der Waals surface area contributed by atoms with Crippen LogP contribution in [0.5, 0.6) is 0 Å². The van der Waals surface area contributed by atoms with Crippen molar-refractivity contribution in [3.8, 4) is 0 Å². The summed E-state index contributed by atoms with van der Waals surface area (Å²) in [6, 6.07) is 0. The van der Waals surface area contributed by atoms with Gasteiger partial charge in [-0.2, -0.15) is 8.84 Å². The number of nitrogens with zero attached hydrogens (tertiary/aromatic N) is 4. The molecular formula is C9H19Cl2N5O. The van der Waals surface area contributed by atoms with E-state index in [1.54, 1.807) is 8.84 Å². The van der Waals surface area contributed by atoms with E-state index in [2.05, 4.69) is 22.3 Å². The minimum atomic E-state index is 0.0574. The van der Waals surface area contributed by atoms with Gasteiger partial charge in [0.25, 0.3) is 0 Å². The smallest absolute Gasteiger partial charge is 0.135 e. The Bertz CT molecular complexity index is 231. The van der Waals surface area contributed by atoms with E-state index in [1.165, 1.54) is 0 Å². The Labute approximate surface area is 112 Å². The van der Waals surface area contributed by atoms with Gasteiger partial charge in [0.2, 0.25) is 0 Å². The number of likely N-dealkylation sites (N-methyl/N-ethyl adjacent to an activating group) is 1. The van der Waals surface area contributed by atoms with Gasteiger partial charge in [-0.3, -0.25) is 0 Å². The lowest BCUT2D eigenvalue weighted by Gasteiger charge is -2.45. The molecule has 0 saturated carbocycles. The summed E-state index contributed by atoms with van der Waals surface area (Å²) in [6.45, 7) is 7.31. The minimum absolute atomic E-state index is 0.0574. The van der Waals surface area contributed by atoms with Gasteiger partial charge >= 0.3 is 0 Å². The largest absolute Gasteiger partial charge is 0.359 e. The number of ether oxygens (including phenoxy) is 1. The Morgan fingerprint density at radius 1 is 1.29 bits per heavy atom. The van der Waals surface area contributed by atoms with Crippen molar-refractivity contribution in [3.63, 3.8) is 0 Å². The van der Waals surface area contributed by atoms with Gasteiger partial charge in [0.15, 0.2) is 0 Å². The topological polar surface area (TPSA) is 34.2 Å². The van der Waals surface area contributed by atoms with Crippen molar-refractivity contribution in [1.82, 2.24) is 24.2 Å². The van der Waals surface area contributed by atoms with Crippen LogP contribution in [-0.2, 0) is 4.74 Å². The lowest BCUT2D eigenvalue weighted by Crippen LogP contribution is -2.61. The number of hydrogen-bond donors (Lipinski definition) is 1. The predicted octanol–water partition coefficient (Wildman–Crippen LogP) is 0.269. The third-order valence-corrected chi connectivity index (χ3v) is 3.30. The maximum absolute atomic E-state index is 6.03. The first-order chi connectivity index (χ1) is 8.20. The first kappa shape index (κ1) is 13.8. The quantitative estimate of drug-likeness (QED) is 0.749. The Hall–Kier alpha value is 0.340. The van der Waals surface area contributed by atoms with Gasteiger partial charge < -0.3 is 10.1 Å². The predicted molar refractivity (Wildman–Crippen MR) is 66.8 cm³/mol. The Kier molecular flexibility index (Phi) is 5.25. The van der Waals surface area contributed by atoms with Crippen LogP contribution >= 0.6 is 23.6 Å². The number of rotatable bonds is 3. The Balaban J connectivity index is 1.96. The summed E-state index contributed by atoms with van der Waals surface area (Å²) in [7, 11) is 0.